The van der Waals surface area contributed by atoms with E-state index in [4.69, 9.17) is 13.8 Å². The van der Waals surface area contributed by atoms with E-state index in [2.05, 4.69) is 19.9 Å². The van der Waals surface area contributed by atoms with Crippen LogP contribution in [-0.4, -0.2) is 71.5 Å². The Kier molecular flexibility index (Phi) is 6.60. The molecule has 1 unspecified atom stereocenters. The van der Waals surface area contributed by atoms with Crippen LogP contribution < -0.4 is 0 Å². The molecular weight excluding hydrogens is 347 g/mol. The monoisotopic (exact) mass is 370 g/mol. The van der Waals surface area contributed by atoms with Crippen molar-refractivity contribution in [3.63, 3.8) is 0 Å². The summed E-state index contributed by atoms with van der Waals surface area (Å²) in [5, 5.41) is 0. The first kappa shape index (κ1) is 19.5. The number of rotatable bonds is 9. The Morgan fingerprint density at radius 1 is 1.32 bits per heavy atom. The third kappa shape index (κ3) is 5.05. The minimum Gasteiger partial charge on any atom is -0.369 e. The van der Waals surface area contributed by atoms with Gasteiger partial charge in [0.25, 0.3) is 0 Å². The number of aromatic nitrogens is 4. The van der Waals surface area contributed by atoms with Crippen molar-refractivity contribution in [3.8, 4) is 0 Å². The molecule has 0 bridgehead atoms. The molecule has 0 saturated carbocycles. The lowest BCUT2D eigenvalue weighted by molar-refractivity contribution is 0.0718. The van der Waals surface area contributed by atoms with Gasteiger partial charge in [0, 0.05) is 28.3 Å². The Morgan fingerprint density at radius 3 is 2.68 bits per heavy atom. The highest BCUT2D eigenvalue weighted by atomic mass is 31.2. The van der Waals surface area contributed by atoms with Crippen molar-refractivity contribution in [2.75, 3.05) is 34.7 Å². The summed E-state index contributed by atoms with van der Waals surface area (Å²) in [6, 6.07) is 0. The van der Waals surface area contributed by atoms with Crippen molar-refractivity contribution in [3.05, 3.63) is 12.7 Å². The Balaban J connectivity index is 2.11. The summed E-state index contributed by atoms with van der Waals surface area (Å²) < 4.78 is 29.1. The van der Waals surface area contributed by atoms with E-state index in [1.807, 2.05) is 30.5 Å². The fourth-order valence-electron chi connectivity index (χ4n) is 1.99. The highest BCUT2D eigenvalue weighted by Crippen LogP contribution is 2.46. The van der Waals surface area contributed by atoms with Gasteiger partial charge in [-0.25, -0.2) is 19.9 Å². The molecule has 0 saturated heterocycles. The van der Waals surface area contributed by atoms with E-state index in [9.17, 15) is 4.57 Å². The lowest BCUT2D eigenvalue weighted by Gasteiger charge is -2.18. The first-order chi connectivity index (χ1) is 11.9. The highest BCUT2D eigenvalue weighted by molar-refractivity contribution is 7.53. The lowest BCUT2D eigenvalue weighted by Crippen LogP contribution is -2.17. The SMILES string of the molecule is COP(=O)(COC(C)Cn1cnc2c(N=CN(C)C)ncnc21)OC. The van der Waals surface area contributed by atoms with E-state index < -0.39 is 7.60 Å². The van der Waals surface area contributed by atoms with Gasteiger partial charge in [-0.15, -0.1) is 0 Å². The van der Waals surface area contributed by atoms with Crippen molar-refractivity contribution in [2.24, 2.45) is 4.99 Å². The van der Waals surface area contributed by atoms with Crippen LogP contribution in [0.3, 0.4) is 0 Å². The van der Waals surface area contributed by atoms with Gasteiger partial charge in [-0.2, -0.15) is 0 Å². The number of aliphatic imine (C=N–C) groups is 1. The second-order valence-corrected chi connectivity index (χ2v) is 7.77. The number of nitrogens with zero attached hydrogens (tertiary/aromatic N) is 6. The number of hydrogen-bond acceptors (Lipinski definition) is 8. The smallest absolute Gasteiger partial charge is 0.355 e. The predicted octanol–water partition coefficient (Wildman–Crippen LogP) is 1.90. The quantitative estimate of drug-likeness (QED) is 0.374. The van der Waals surface area contributed by atoms with Gasteiger partial charge in [0.05, 0.1) is 25.3 Å². The van der Waals surface area contributed by atoms with E-state index in [0.29, 0.717) is 23.5 Å². The van der Waals surface area contributed by atoms with Crippen LogP contribution in [0.25, 0.3) is 11.2 Å². The number of imidazole rings is 1. The van der Waals surface area contributed by atoms with Crippen LogP contribution in [0.1, 0.15) is 6.92 Å². The number of hydrogen-bond donors (Lipinski definition) is 0. The molecule has 0 N–H and O–H groups in total. The van der Waals surface area contributed by atoms with E-state index in [1.54, 1.807) is 12.7 Å². The Hall–Kier alpha value is -1.87. The van der Waals surface area contributed by atoms with Crippen LogP contribution in [-0.2, 0) is 24.9 Å². The molecule has 1 atom stereocenters. The fourth-order valence-corrected chi connectivity index (χ4v) is 2.79. The van der Waals surface area contributed by atoms with Gasteiger partial charge in [-0.1, -0.05) is 0 Å². The van der Waals surface area contributed by atoms with Crippen molar-refractivity contribution in [1.82, 2.24) is 24.4 Å². The maximum atomic E-state index is 12.0. The molecule has 0 aliphatic heterocycles. The van der Waals surface area contributed by atoms with Crippen molar-refractivity contribution in [2.45, 2.75) is 19.6 Å². The van der Waals surface area contributed by atoms with E-state index >= 15 is 0 Å². The second-order valence-electron chi connectivity index (χ2n) is 5.56. The van der Waals surface area contributed by atoms with E-state index in [1.165, 1.54) is 20.5 Å². The predicted molar refractivity (Wildman–Crippen MR) is 94.2 cm³/mol. The van der Waals surface area contributed by atoms with Crippen molar-refractivity contribution < 1.29 is 18.3 Å². The summed E-state index contributed by atoms with van der Waals surface area (Å²) in [6.07, 6.45) is 4.37. The largest absolute Gasteiger partial charge is 0.369 e. The lowest BCUT2D eigenvalue weighted by atomic mass is 10.4. The molecule has 0 aliphatic rings. The van der Waals surface area contributed by atoms with Gasteiger partial charge in [0.15, 0.2) is 17.0 Å². The molecule has 0 aliphatic carbocycles. The zero-order chi connectivity index (χ0) is 18.4. The Bertz CT molecular complexity index is 770. The van der Waals surface area contributed by atoms with Crippen LogP contribution in [0.4, 0.5) is 5.82 Å². The molecule has 0 radical (unpaired) electrons. The van der Waals surface area contributed by atoms with Gasteiger partial charge in [0.1, 0.15) is 12.7 Å². The van der Waals surface area contributed by atoms with Crippen molar-refractivity contribution >= 4 is 30.9 Å². The van der Waals surface area contributed by atoms with Crippen LogP contribution in [0.5, 0.6) is 0 Å². The maximum absolute atomic E-state index is 12.0. The fraction of sp³-hybridized carbons (Fsp3) is 0.571. The average molecular weight is 370 g/mol. The summed E-state index contributed by atoms with van der Waals surface area (Å²) >= 11 is 0. The average Bonchev–Trinajstić information content (AvgIpc) is 3.01. The summed E-state index contributed by atoms with van der Waals surface area (Å²) in [5.74, 6) is 0.495. The van der Waals surface area contributed by atoms with Crippen LogP contribution in [0.15, 0.2) is 17.6 Å². The molecule has 0 fully saturated rings. The first-order valence-electron chi connectivity index (χ1n) is 7.57. The molecule has 2 aromatic heterocycles. The minimum atomic E-state index is -3.20. The molecule has 2 heterocycles. The minimum absolute atomic E-state index is 0.124. The zero-order valence-electron chi connectivity index (χ0n) is 15.0. The standard InChI is InChI=1S/C14H23N6O4P/c1-11(24-10-25(21,22-4)23-5)6-20-9-17-12-13(18-8-19(2)3)15-7-16-14(12)20/h7-9,11H,6,10H2,1-5H3. The Labute approximate surface area is 146 Å². The second kappa shape index (κ2) is 8.48. The normalized spacial score (nSPS) is 13.6. The molecule has 2 aromatic rings. The molecule has 2 rings (SSSR count). The first-order valence-corrected chi connectivity index (χ1v) is 9.30. The maximum Gasteiger partial charge on any atom is 0.355 e. The van der Waals surface area contributed by atoms with Gasteiger partial charge in [0.2, 0.25) is 0 Å². The molecule has 0 spiro atoms. The third-order valence-corrected chi connectivity index (χ3v) is 4.90. The number of ether oxygens (including phenoxy) is 1. The van der Waals surface area contributed by atoms with Crippen molar-refractivity contribution in [1.29, 1.82) is 0 Å². The van der Waals surface area contributed by atoms with Gasteiger partial charge >= 0.3 is 7.60 Å². The summed E-state index contributed by atoms with van der Waals surface area (Å²) in [4.78, 5) is 18.9. The van der Waals surface area contributed by atoms with Crippen LogP contribution in [0, 0.1) is 0 Å². The van der Waals surface area contributed by atoms with Gasteiger partial charge < -0.3 is 23.3 Å². The third-order valence-electron chi connectivity index (χ3n) is 3.32. The molecule has 11 heteroatoms. The zero-order valence-corrected chi connectivity index (χ0v) is 15.9. The molecule has 0 aromatic carbocycles. The van der Waals surface area contributed by atoms with Crippen LogP contribution >= 0.6 is 7.60 Å². The topological polar surface area (TPSA) is 104 Å². The Morgan fingerprint density at radius 2 is 2.04 bits per heavy atom. The highest BCUT2D eigenvalue weighted by Gasteiger charge is 2.23. The summed E-state index contributed by atoms with van der Waals surface area (Å²) in [7, 11) is 3.21. The molecule has 25 heavy (non-hydrogen) atoms. The van der Waals surface area contributed by atoms with Gasteiger partial charge in [-0.05, 0) is 6.92 Å². The molecule has 0 amide bonds. The molecule has 138 valence electrons. The number of fused-ring (bicyclic) bond motifs is 1. The summed E-state index contributed by atoms with van der Waals surface area (Å²) in [5.41, 5.74) is 1.25. The van der Waals surface area contributed by atoms with Gasteiger partial charge in [-0.3, -0.25) is 4.57 Å². The van der Waals surface area contributed by atoms with Crippen LogP contribution in [0.2, 0.25) is 0 Å². The molecule has 10 nitrogen and oxygen atoms in total. The van der Waals surface area contributed by atoms with E-state index in [-0.39, 0.29) is 12.5 Å². The molecular formula is C14H23N6O4P. The summed E-state index contributed by atoms with van der Waals surface area (Å²) in [6.45, 7) is 2.32. The van der Waals surface area contributed by atoms with E-state index in [0.717, 1.165) is 0 Å².